The Morgan fingerprint density at radius 1 is 1.12 bits per heavy atom. The molecule has 4 aromatic rings. The van der Waals surface area contributed by atoms with Gasteiger partial charge in [0.1, 0.15) is 5.75 Å². The lowest BCUT2D eigenvalue weighted by Crippen LogP contribution is -2.37. The number of rotatable bonds is 6. The molecule has 0 saturated carbocycles. The van der Waals surface area contributed by atoms with E-state index in [4.69, 9.17) is 11.6 Å². The molecule has 0 saturated heterocycles. The third kappa shape index (κ3) is 3.81. The van der Waals surface area contributed by atoms with Crippen molar-refractivity contribution in [1.82, 2.24) is 23.3 Å². The summed E-state index contributed by atoms with van der Waals surface area (Å²) in [6, 6.07) is 7.74. The molecule has 3 heterocycles. The first kappa shape index (κ1) is 23.4. The van der Waals surface area contributed by atoms with E-state index in [1.54, 1.807) is 36.6 Å². The Bertz CT molecular complexity index is 1550. The van der Waals surface area contributed by atoms with Crippen molar-refractivity contribution in [3.05, 3.63) is 73.4 Å². The number of fused-ring (bicyclic) bond motifs is 1. The first-order valence-electron chi connectivity index (χ1n) is 10.1. The third-order valence-corrected chi connectivity index (χ3v) is 5.94. The summed E-state index contributed by atoms with van der Waals surface area (Å²) in [5.74, 6) is -0.302. The molecule has 4 rings (SSSR count). The normalized spacial score (nSPS) is 11.5. The van der Waals surface area contributed by atoms with Crippen molar-refractivity contribution in [2.24, 2.45) is 14.1 Å². The number of carbonyl (C=O) groups excluding carboxylic acids is 1. The van der Waals surface area contributed by atoms with E-state index in [1.165, 1.54) is 35.4 Å². The summed E-state index contributed by atoms with van der Waals surface area (Å²) in [6.07, 6.45) is 0. The van der Waals surface area contributed by atoms with Crippen LogP contribution in [0.2, 0.25) is 5.28 Å². The number of aryl methyl sites for hydroxylation is 2. The van der Waals surface area contributed by atoms with Gasteiger partial charge in [0.25, 0.3) is 5.56 Å². The Hall–Kier alpha value is -3.73. The number of nitrogens with zero attached hydrogens (tertiary/aromatic N) is 5. The molecule has 34 heavy (non-hydrogen) atoms. The van der Waals surface area contributed by atoms with Gasteiger partial charge < -0.3 is 13.9 Å². The molecular weight excluding hydrogens is 472 g/mol. The fraction of sp³-hybridized carbons (Fsp3) is 0.273. The molecule has 0 unspecified atom stereocenters. The Morgan fingerprint density at radius 2 is 1.76 bits per heavy atom. The minimum absolute atomic E-state index is 0.0233. The Kier molecular flexibility index (Phi) is 5.90. The molecule has 178 valence electrons. The van der Waals surface area contributed by atoms with Gasteiger partial charge in [-0.2, -0.15) is 13.8 Å². The van der Waals surface area contributed by atoms with E-state index < -0.39 is 17.9 Å². The molecule has 0 bridgehead atoms. The van der Waals surface area contributed by atoms with Gasteiger partial charge in [0.2, 0.25) is 5.28 Å². The standard InChI is InChI=1S/C22H20ClF2N5O4/c1-11-9-15(12(2)30(11)13-5-7-14(8-6-13)34-21(24)25)16(31)10-29-17-18(26-20(29)23)27(3)22(33)28(4)19(17)32/h5-9,21H,10H2,1-4H3. The summed E-state index contributed by atoms with van der Waals surface area (Å²) in [7, 11) is 2.80. The number of aromatic nitrogens is 5. The summed E-state index contributed by atoms with van der Waals surface area (Å²) in [5, 5.41) is -0.0925. The zero-order valence-electron chi connectivity index (χ0n) is 18.7. The lowest BCUT2D eigenvalue weighted by Gasteiger charge is -2.11. The van der Waals surface area contributed by atoms with Crippen molar-refractivity contribution in [3.63, 3.8) is 0 Å². The zero-order valence-corrected chi connectivity index (χ0v) is 19.4. The number of carbonyl (C=O) groups is 1. The quantitative estimate of drug-likeness (QED) is 0.305. The highest BCUT2D eigenvalue weighted by atomic mass is 35.5. The number of ether oxygens (including phenoxy) is 1. The monoisotopic (exact) mass is 491 g/mol. The van der Waals surface area contributed by atoms with Gasteiger partial charge in [-0.3, -0.25) is 18.7 Å². The minimum atomic E-state index is -2.92. The summed E-state index contributed by atoms with van der Waals surface area (Å²) in [5.41, 5.74) is 1.37. The van der Waals surface area contributed by atoms with Gasteiger partial charge in [0.05, 0.1) is 6.54 Å². The summed E-state index contributed by atoms with van der Waals surface area (Å²) in [4.78, 5) is 42.2. The molecule has 0 N–H and O–H groups in total. The predicted octanol–water partition coefficient (Wildman–Crippen LogP) is 2.98. The van der Waals surface area contributed by atoms with Crippen molar-refractivity contribution in [1.29, 1.82) is 0 Å². The highest BCUT2D eigenvalue weighted by Crippen LogP contribution is 2.25. The number of ketones is 1. The lowest BCUT2D eigenvalue weighted by atomic mass is 10.1. The molecule has 12 heteroatoms. The maximum absolute atomic E-state index is 13.2. The van der Waals surface area contributed by atoms with Gasteiger partial charge in [-0.15, -0.1) is 0 Å². The predicted molar refractivity (Wildman–Crippen MR) is 121 cm³/mol. The number of benzene rings is 1. The van der Waals surface area contributed by atoms with Gasteiger partial charge in [-0.25, -0.2) is 4.79 Å². The van der Waals surface area contributed by atoms with Crippen molar-refractivity contribution in [2.75, 3.05) is 0 Å². The SMILES string of the molecule is Cc1cc(C(=O)Cn2c(Cl)nc3c2c(=O)n(C)c(=O)n3C)c(C)n1-c1ccc(OC(F)F)cc1. The lowest BCUT2D eigenvalue weighted by molar-refractivity contribution is -0.0498. The molecule has 0 aliphatic rings. The Balaban J connectivity index is 1.72. The molecule has 1 aromatic carbocycles. The van der Waals surface area contributed by atoms with Crippen molar-refractivity contribution >= 4 is 28.5 Å². The fourth-order valence-corrected chi connectivity index (χ4v) is 4.24. The molecule has 0 radical (unpaired) electrons. The molecule has 0 atom stereocenters. The number of Topliss-reactive ketones (excluding diaryl/α,β-unsaturated/α-hetero) is 1. The van der Waals surface area contributed by atoms with Gasteiger partial charge >= 0.3 is 12.3 Å². The molecule has 9 nitrogen and oxygen atoms in total. The maximum Gasteiger partial charge on any atom is 0.387 e. The van der Waals surface area contributed by atoms with Crippen molar-refractivity contribution in [2.45, 2.75) is 27.0 Å². The molecular formula is C22H20ClF2N5O4. The number of hydrogen-bond acceptors (Lipinski definition) is 5. The number of hydrogen-bond donors (Lipinski definition) is 0. The summed E-state index contributed by atoms with van der Waals surface area (Å²) < 4.78 is 34.4. The van der Waals surface area contributed by atoms with Crippen LogP contribution < -0.4 is 16.0 Å². The largest absolute Gasteiger partial charge is 0.435 e. The van der Waals surface area contributed by atoms with E-state index in [0.717, 1.165) is 10.3 Å². The topological polar surface area (TPSA) is 93.1 Å². The van der Waals surface area contributed by atoms with Crippen LogP contribution >= 0.6 is 11.6 Å². The Morgan fingerprint density at radius 3 is 2.38 bits per heavy atom. The van der Waals surface area contributed by atoms with Crippen LogP contribution in [0.3, 0.4) is 0 Å². The Labute approximate surface area is 196 Å². The van der Waals surface area contributed by atoms with Crippen LogP contribution in [0, 0.1) is 13.8 Å². The average molecular weight is 492 g/mol. The van der Waals surface area contributed by atoms with E-state index >= 15 is 0 Å². The van der Waals surface area contributed by atoms with Gasteiger partial charge in [0.15, 0.2) is 16.9 Å². The number of alkyl halides is 2. The van der Waals surface area contributed by atoms with E-state index in [9.17, 15) is 23.2 Å². The van der Waals surface area contributed by atoms with E-state index in [0.29, 0.717) is 16.9 Å². The minimum Gasteiger partial charge on any atom is -0.435 e. The maximum atomic E-state index is 13.2. The molecule has 0 fully saturated rings. The molecule has 0 amide bonds. The number of imidazole rings is 1. The van der Waals surface area contributed by atoms with Crippen LogP contribution in [0.25, 0.3) is 16.9 Å². The average Bonchev–Trinajstić information content (AvgIpc) is 3.27. The molecule has 0 aliphatic carbocycles. The second-order valence-electron chi connectivity index (χ2n) is 7.76. The first-order chi connectivity index (χ1) is 16.0. The van der Waals surface area contributed by atoms with E-state index in [-0.39, 0.29) is 34.5 Å². The smallest absolute Gasteiger partial charge is 0.387 e. The van der Waals surface area contributed by atoms with E-state index in [1.807, 2.05) is 0 Å². The van der Waals surface area contributed by atoms with E-state index in [2.05, 4.69) is 9.72 Å². The highest BCUT2D eigenvalue weighted by Gasteiger charge is 2.23. The van der Waals surface area contributed by atoms with Crippen molar-refractivity contribution in [3.8, 4) is 11.4 Å². The molecule has 0 spiro atoms. The molecule has 0 aliphatic heterocycles. The fourth-order valence-electron chi connectivity index (χ4n) is 4.01. The van der Waals surface area contributed by atoms with Crippen LogP contribution in [0.15, 0.2) is 39.9 Å². The van der Waals surface area contributed by atoms with Crippen molar-refractivity contribution < 1.29 is 18.3 Å². The van der Waals surface area contributed by atoms with Gasteiger partial charge in [-0.05, 0) is 55.8 Å². The second-order valence-corrected chi connectivity index (χ2v) is 8.10. The van der Waals surface area contributed by atoms with Crippen LogP contribution in [0.1, 0.15) is 21.7 Å². The number of halogens is 3. The van der Waals surface area contributed by atoms with Crippen LogP contribution in [-0.4, -0.2) is 35.6 Å². The summed E-state index contributed by atoms with van der Waals surface area (Å²) >= 11 is 6.24. The second kappa shape index (κ2) is 8.56. The van der Waals surface area contributed by atoms with Crippen LogP contribution in [0.4, 0.5) is 8.78 Å². The zero-order chi connectivity index (χ0) is 24.9. The first-order valence-corrected chi connectivity index (χ1v) is 10.5. The van der Waals surface area contributed by atoms with Gasteiger partial charge in [-0.1, -0.05) is 0 Å². The molecule has 3 aromatic heterocycles. The summed E-state index contributed by atoms with van der Waals surface area (Å²) in [6.45, 7) is 0.364. The highest BCUT2D eigenvalue weighted by molar-refractivity contribution is 6.29. The van der Waals surface area contributed by atoms with Gasteiger partial charge in [0, 0.05) is 36.7 Å². The van der Waals surface area contributed by atoms with Crippen LogP contribution in [-0.2, 0) is 20.6 Å². The third-order valence-electron chi connectivity index (χ3n) is 5.65. The van der Waals surface area contributed by atoms with Crippen LogP contribution in [0.5, 0.6) is 5.75 Å².